The number of nitrogens with zero attached hydrogens (tertiary/aromatic N) is 2. The van der Waals surface area contributed by atoms with Gasteiger partial charge in [-0.3, -0.25) is 4.79 Å². The van der Waals surface area contributed by atoms with E-state index in [0.717, 1.165) is 5.56 Å². The summed E-state index contributed by atoms with van der Waals surface area (Å²) in [5.41, 5.74) is 1.03. The third kappa shape index (κ3) is 2.07. The summed E-state index contributed by atoms with van der Waals surface area (Å²) in [6, 6.07) is 11.5. The van der Waals surface area contributed by atoms with Crippen LogP contribution < -0.4 is 5.32 Å². The molecule has 0 spiro atoms. The Hall–Kier alpha value is -1.93. The summed E-state index contributed by atoms with van der Waals surface area (Å²) < 4.78 is 0. The summed E-state index contributed by atoms with van der Waals surface area (Å²) in [5, 5.41) is 12.2. The van der Waals surface area contributed by atoms with Crippen LogP contribution >= 0.6 is 12.6 Å². The molecule has 0 bridgehead atoms. The van der Waals surface area contributed by atoms with Gasteiger partial charge in [-0.2, -0.15) is 5.26 Å². The van der Waals surface area contributed by atoms with Crippen LogP contribution in [0, 0.1) is 11.3 Å². The molecule has 5 heteroatoms. The highest BCUT2D eigenvalue weighted by molar-refractivity contribution is 7.84. The molecular weight excluding hydrogens is 246 g/mol. The second-order valence-electron chi connectivity index (χ2n) is 3.88. The van der Waals surface area contributed by atoms with Gasteiger partial charge in [0.1, 0.15) is 17.8 Å². The first kappa shape index (κ1) is 12.5. The van der Waals surface area contributed by atoms with Gasteiger partial charge in [0.2, 0.25) is 0 Å². The van der Waals surface area contributed by atoms with Gasteiger partial charge in [0.25, 0.3) is 5.91 Å². The smallest absolute Gasteiger partial charge is 0.266 e. The summed E-state index contributed by atoms with van der Waals surface area (Å²) >= 11 is 4.30. The maximum atomic E-state index is 11.8. The molecule has 4 nitrogen and oxygen atoms in total. The lowest BCUT2D eigenvalue weighted by Gasteiger charge is -2.37. The minimum absolute atomic E-state index is 0.0624. The largest absolute Gasteiger partial charge is 0.341 e. The van der Waals surface area contributed by atoms with Crippen LogP contribution in [0.25, 0.3) is 0 Å². The van der Waals surface area contributed by atoms with Crippen molar-refractivity contribution in [2.45, 2.75) is 13.1 Å². The number of hydrogen-bond acceptors (Lipinski definition) is 4. The van der Waals surface area contributed by atoms with Gasteiger partial charge < -0.3 is 10.2 Å². The number of carbonyl (C=O) groups excluding carboxylic acids is 1. The summed E-state index contributed by atoms with van der Waals surface area (Å²) in [5.74, 6) is -0.374. The van der Waals surface area contributed by atoms with E-state index in [2.05, 4.69) is 17.9 Å². The molecule has 0 saturated carbocycles. The van der Waals surface area contributed by atoms with Gasteiger partial charge in [0.05, 0.1) is 5.03 Å². The molecule has 1 heterocycles. The minimum atomic E-state index is -0.374. The predicted octanol–water partition coefficient (Wildman–Crippen LogP) is 1.80. The zero-order chi connectivity index (χ0) is 13.1. The number of thiol groups is 1. The average molecular weight is 259 g/mol. The van der Waals surface area contributed by atoms with E-state index in [1.807, 2.05) is 48.2 Å². The number of nitriles is 1. The van der Waals surface area contributed by atoms with Gasteiger partial charge in [0, 0.05) is 6.54 Å². The second-order valence-corrected chi connectivity index (χ2v) is 4.31. The fraction of sp³-hybridized carbons (Fsp3) is 0.231. The molecule has 1 aromatic carbocycles. The highest BCUT2D eigenvalue weighted by Crippen LogP contribution is 2.29. The number of amides is 1. The summed E-state index contributed by atoms with van der Waals surface area (Å²) in [6.07, 6.45) is -0.270. The highest BCUT2D eigenvalue weighted by Gasteiger charge is 2.31. The first-order chi connectivity index (χ1) is 8.69. The van der Waals surface area contributed by atoms with Crippen LogP contribution in [0.3, 0.4) is 0 Å². The Morgan fingerprint density at radius 2 is 2.11 bits per heavy atom. The molecule has 1 amide bonds. The van der Waals surface area contributed by atoms with Crippen molar-refractivity contribution in [3.63, 3.8) is 0 Å². The molecule has 2 rings (SSSR count). The molecule has 0 radical (unpaired) electrons. The molecule has 0 fully saturated rings. The molecule has 1 aliphatic rings. The lowest BCUT2D eigenvalue weighted by Crippen LogP contribution is -2.45. The van der Waals surface area contributed by atoms with Crippen molar-refractivity contribution < 1.29 is 4.79 Å². The van der Waals surface area contributed by atoms with E-state index < -0.39 is 0 Å². The zero-order valence-corrected chi connectivity index (χ0v) is 10.8. The Morgan fingerprint density at radius 3 is 2.67 bits per heavy atom. The third-order valence-corrected chi connectivity index (χ3v) is 3.35. The maximum absolute atomic E-state index is 11.8. The van der Waals surface area contributed by atoms with Crippen molar-refractivity contribution in [2.24, 2.45) is 0 Å². The van der Waals surface area contributed by atoms with Gasteiger partial charge in [-0.1, -0.05) is 30.3 Å². The topological polar surface area (TPSA) is 56.1 Å². The van der Waals surface area contributed by atoms with E-state index in [-0.39, 0.29) is 17.6 Å². The normalized spacial score (nSPS) is 19.5. The van der Waals surface area contributed by atoms with Crippen molar-refractivity contribution >= 4 is 18.5 Å². The van der Waals surface area contributed by atoms with E-state index in [9.17, 15) is 4.79 Å². The Bertz CT molecular complexity index is 533. The van der Waals surface area contributed by atoms with Crippen molar-refractivity contribution in [2.75, 3.05) is 6.54 Å². The van der Waals surface area contributed by atoms with Gasteiger partial charge in [-0.05, 0) is 12.5 Å². The van der Waals surface area contributed by atoms with Crippen molar-refractivity contribution in [1.29, 1.82) is 5.26 Å². The number of benzene rings is 1. The summed E-state index contributed by atoms with van der Waals surface area (Å²) in [7, 11) is 0. The highest BCUT2D eigenvalue weighted by atomic mass is 32.1. The lowest BCUT2D eigenvalue weighted by molar-refractivity contribution is -0.120. The molecule has 0 aliphatic carbocycles. The zero-order valence-electron chi connectivity index (χ0n) is 9.92. The van der Waals surface area contributed by atoms with Crippen LogP contribution in [0.4, 0.5) is 0 Å². The monoisotopic (exact) mass is 259 g/mol. The number of rotatable bonds is 2. The van der Waals surface area contributed by atoms with Crippen LogP contribution in [0.5, 0.6) is 0 Å². The quantitative estimate of drug-likeness (QED) is 0.796. The van der Waals surface area contributed by atoms with Crippen molar-refractivity contribution in [3.05, 3.63) is 46.5 Å². The molecule has 1 N–H and O–H groups in total. The fourth-order valence-corrected chi connectivity index (χ4v) is 2.38. The number of nitrogens with one attached hydrogen (secondary N) is 1. The minimum Gasteiger partial charge on any atom is -0.341 e. The van der Waals surface area contributed by atoms with Crippen LogP contribution in [0.15, 0.2) is 40.9 Å². The van der Waals surface area contributed by atoms with Crippen LogP contribution in [0.1, 0.15) is 18.7 Å². The molecule has 92 valence electrons. The second kappa shape index (κ2) is 5.15. The van der Waals surface area contributed by atoms with E-state index in [0.29, 0.717) is 11.6 Å². The van der Waals surface area contributed by atoms with Gasteiger partial charge in [-0.25, -0.2) is 0 Å². The molecule has 1 aromatic rings. The van der Waals surface area contributed by atoms with E-state index >= 15 is 0 Å². The van der Waals surface area contributed by atoms with Crippen LogP contribution in [0.2, 0.25) is 0 Å². The molecular formula is C13H13N3OS. The first-order valence-electron chi connectivity index (χ1n) is 5.64. The standard InChI is InChI=1S/C13H13N3OS/c1-2-16-11(9-6-4-3-5-7-9)15-12(17)10(8-14)13(16)18/h3-7,11,18H,2H2,1H3,(H,15,17)/t11-/m1/s1. The van der Waals surface area contributed by atoms with E-state index in [4.69, 9.17) is 5.26 Å². The fourth-order valence-electron chi connectivity index (χ4n) is 1.97. The average Bonchev–Trinajstić information content (AvgIpc) is 2.39. The van der Waals surface area contributed by atoms with Crippen LogP contribution in [-0.4, -0.2) is 17.4 Å². The number of hydrogen-bond donors (Lipinski definition) is 2. The predicted molar refractivity (Wildman–Crippen MR) is 71.3 cm³/mol. The molecule has 0 saturated heterocycles. The van der Waals surface area contributed by atoms with E-state index in [1.165, 1.54) is 0 Å². The Kier molecular flexibility index (Phi) is 3.58. The van der Waals surface area contributed by atoms with Crippen LogP contribution in [-0.2, 0) is 4.79 Å². The molecule has 18 heavy (non-hydrogen) atoms. The Balaban J connectivity index is 2.44. The van der Waals surface area contributed by atoms with Gasteiger partial charge in [-0.15, -0.1) is 12.6 Å². The summed E-state index contributed by atoms with van der Waals surface area (Å²) in [6.45, 7) is 2.61. The molecule has 1 atom stereocenters. The summed E-state index contributed by atoms with van der Waals surface area (Å²) in [4.78, 5) is 13.7. The van der Waals surface area contributed by atoms with Crippen molar-refractivity contribution in [3.8, 4) is 6.07 Å². The SMILES string of the molecule is CCN1C(S)=C(C#N)C(=O)N[C@H]1c1ccccc1. The molecule has 1 aliphatic heterocycles. The van der Waals surface area contributed by atoms with Gasteiger partial charge >= 0.3 is 0 Å². The first-order valence-corrected chi connectivity index (χ1v) is 6.09. The molecule has 0 aromatic heterocycles. The van der Waals surface area contributed by atoms with E-state index in [1.54, 1.807) is 0 Å². The van der Waals surface area contributed by atoms with Crippen molar-refractivity contribution in [1.82, 2.24) is 10.2 Å². The molecule has 0 unspecified atom stereocenters. The Labute approximate surface area is 111 Å². The number of carbonyl (C=O) groups is 1. The maximum Gasteiger partial charge on any atom is 0.266 e. The third-order valence-electron chi connectivity index (χ3n) is 2.87. The Morgan fingerprint density at radius 1 is 1.44 bits per heavy atom. The van der Waals surface area contributed by atoms with Gasteiger partial charge in [0.15, 0.2) is 0 Å². The lowest BCUT2D eigenvalue weighted by atomic mass is 10.1.